The van der Waals surface area contributed by atoms with Crippen LogP contribution in [0, 0.1) is 0 Å². The minimum absolute atomic E-state index is 0.376. The Morgan fingerprint density at radius 2 is 1.84 bits per heavy atom. The highest BCUT2D eigenvalue weighted by molar-refractivity contribution is 6.94. The SMILES string of the molecule is CC(=O)OC(C)/C(C=O)=C\[Si](C)(C)c1ccccc1. The number of esters is 1. The third-order valence-electron chi connectivity index (χ3n) is 2.99. The van der Waals surface area contributed by atoms with Gasteiger partial charge in [0.2, 0.25) is 0 Å². The van der Waals surface area contributed by atoms with Crippen LogP contribution in [-0.4, -0.2) is 26.4 Å². The van der Waals surface area contributed by atoms with Gasteiger partial charge in [-0.05, 0) is 6.92 Å². The normalized spacial score (nSPS) is 13.8. The minimum Gasteiger partial charge on any atom is -0.458 e. The van der Waals surface area contributed by atoms with Gasteiger partial charge in [0.15, 0.2) is 0 Å². The van der Waals surface area contributed by atoms with E-state index in [4.69, 9.17) is 4.74 Å². The minimum atomic E-state index is -1.86. The Hall–Kier alpha value is -1.68. The second-order valence-corrected chi connectivity index (χ2v) is 9.41. The Morgan fingerprint density at radius 1 is 1.26 bits per heavy atom. The maximum atomic E-state index is 11.2. The molecule has 0 fully saturated rings. The lowest BCUT2D eigenvalue weighted by molar-refractivity contribution is -0.143. The summed E-state index contributed by atoms with van der Waals surface area (Å²) >= 11 is 0. The molecular weight excluding hydrogens is 256 g/mol. The van der Waals surface area contributed by atoms with Crippen LogP contribution in [0.4, 0.5) is 0 Å². The molecule has 0 heterocycles. The molecule has 0 N–H and O–H groups in total. The highest BCUT2D eigenvalue weighted by Crippen LogP contribution is 2.12. The van der Waals surface area contributed by atoms with Crippen LogP contribution in [0.1, 0.15) is 13.8 Å². The number of aldehydes is 1. The first-order chi connectivity index (χ1) is 8.86. The number of benzene rings is 1. The maximum Gasteiger partial charge on any atom is 0.303 e. The van der Waals surface area contributed by atoms with Gasteiger partial charge in [0.05, 0.1) is 0 Å². The van der Waals surface area contributed by atoms with Gasteiger partial charge in [0.25, 0.3) is 0 Å². The van der Waals surface area contributed by atoms with E-state index in [0.29, 0.717) is 5.57 Å². The van der Waals surface area contributed by atoms with Crippen molar-refractivity contribution in [2.75, 3.05) is 0 Å². The van der Waals surface area contributed by atoms with Crippen molar-refractivity contribution < 1.29 is 14.3 Å². The Labute approximate surface area is 115 Å². The van der Waals surface area contributed by atoms with E-state index < -0.39 is 14.2 Å². The predicted octanol–water partition coefficient (Wildman–Crippen LogP) is 2.22. The van der Waals surface area contributed by atoms with E-state index in [1.165, 1.54) is 12.1 Å². The Bertz CT molecular complexity index is 477. The Kier molecular flexibility index (Phi) is 5.24. The highest BCUT2D eigenvalue weighted by Gasteiger charge is 2.23. The lowest BCUT2D eigenvalue weighted by Gasteiger charge is -2.21. The maximum absolute atomic E-state index is 11.2. The summed E-state index contributed by atoms with van der Waals surface area (Å²) in [7, 11) is -1.86. The smallest absolute Gasteiger partial charge is 0.303 e. The summed E-state index contributed by atoms with van der Waals surface area (Å²) in [6.45, 7) is 7.38. The van der Waals surface area contributed by atoms with Crippen molar-refractivity contribution in [3.8, 4) is 0 Å². The molecule has 1 atom stereocenters. The van der Waals surface area contributed by atoms with Gasteiger partial charge in [-0.2, -0.15) is 0 Å². The van der Waals surface area contributed by atoms with Crippen molar-refractivity contribution in [1.82, 2.24) is 0 Å². The number of hydrogen-bond acceptors (Lipinski definition) is 3. The summed E-state index contributed by atoms with van der Waals surface area (Å²) in [6, 6.07) is 10.1. The zero-order valence-electron chi connectivity index (χ0n) is 11.8. The van der Waals surface area contributed by atoms with Gasteiger partial charge in [-0.1, -0.05) is 54.3 Å². The lowest BCUT2D eigenvalue weighted by atomic mass is 10.2. The van der Waals surface area contributed by atoms with Crippen molar-refractivity contribution in [2.45, 2.75) is 33.0 Å². The zero-order valence-corrected chi connectivity index (χ0v) is 12.8. The number of rotatable bonds is 5. The summed E-state index contributed by atoms with van der Waals surface area (Å²) in [5.74, 6) is -0.376. The van der Waals surface area contributed by atoms with Crippen molar-refractivity contribution >= 4 is 25.5 Å². The van der Waals surface area contributed by atoms with E-state index >= 15 is 0 Å². The van der Waals surface area contributed by atoms with Gasteiger partial charge in [-0.15, -0.1) is 0 Å². The topological polar surface area (TPSA) is 43.4 Å². The molecule has 0 radical (unpaired) electrons. The van der Waals surface area contributed by atoms with E-state index in [0.717, 1.165) is 6.29 Å². The molecule has 0 bridgehead atoms. The standard InChI is InChI=1S/C15H20O3Si/c1-12(18-13(2)17)14(10-16)11-19(3,4)15-8-6-5-7-9-15/h5-12H,1-4H3/b14-11-. The molecule has 1 aromatic rings. The molecule has 4 heteroatoms. The molecule has 1 rings (SSSR count). The first-order valence-corrected chi connectivity index (χ1v) is 9.35. The summed E-state index contributed by atoms with van der Waals surface area (Å²) in [5, 5.41) is 1.24. The van der Waals surface area contributed by atoms with Crippen LogP contribution in [-0.2, 0) is 14.3 Å². The van der Waals surface area contributed by atoms with Crippen LogP contribution < -0.4 is 5.19 Å². The summed E-state index contributed by atoms with van der Waals surface area (Å²) in [6.07, 6.45) is 0.288. The van der Waals surface area contributed by atoms with E-state index in [9.17, 15) is 9.59 Å². The van der Waals surface area contributed by atoms with Crippen LogP contribution >= 0.6 is 0 Å². The Balaban J connectivity index is 3.02. The molecule has 102 valence electrons. The average Bonchev–Trinajstić information content (AvgIpc) is 2.36. The fourth-order valence-corrected chi connectivity index (χ4v) is 4.29. The van der Waals surface area contributed by atoms with E-state index in [-0.39, 0.29) is 5.97 Å². The average molecular weight is 276 g/mol. The molecule has 0 amide bonds. The molecule has 0 aliphatic heterocycles. The van der Waals surface area contributed by atoms with Gasteiger partial charge in [-0.25, -0.2) is 0 Å². The van der Waals surface area contributed by atoms with Crippen molar-refractivity contribution in [2.24, 2.45) is 0 Å². The zero-order chi connectivity index (χ0) is 14.5. The van der Waals surface area contributed by atoms with Gasteiger partial charge in [0, 0.05) is 12.5 Å². The molecule has 1 unspecified atom stereocenters. The molecule has 0 saturated heterocycles. The molecule has 3 nitrogen and oxygen atoms in total. The van der Waals surface area contributed by atoms with Gasteiger partial charge < -0.3 is 4.74 Å². The fourth-order valence-electron chi connectivity index (χ4n) is 1.93. The quantitative estimate of drug-likeness (QED) is 0.358. The third-order valence-corrected chi connectivity index (χ3v) is 5.87. The lowest BCUT2D eigenvalue weighted by Crippen LogP contribution is -2.40. The molecule has 0 spiro atoms. The predicted molar refractivity (Wildman–Crippen MR) is 78.9 cm³/mol. The number of hydrogen-bond donors (Lipinski definition) is 0. The largest absolute Gasteiger partial charge is 0.458 e. The van der Waals surface area contributed by atoms with Crippen LogP contribution in [0.25, 0.3) is 0 Å². The Morgan fingerprint density at radius 3 is 2.32 bits per heavy atom. The van der Waals surface area contributed by atoms with Crippen LogP contribution in [0.5, 0.6) is 0 Å². The van der Waals surface area contributed by atoms with E-state index in [2.05, 4.69) is 25.2 Å². The number of carbonyl (C=O) groups excluding carboxylic acids is 2. The second-order valence-electron chi connectivity index (χ2n) is 5.10. The molecular formula is C15H20O3Si. The van der Waals surface area contributed by atoms with Gasteiger partial charge in [0.1, 0.15) is 20.5 Å². The van der Waals surface area contributed by atoms with Crippen molar-refractivity contribution in [3.63, 3.8) is 0 Å². The molecule has 19 heavy (non-hydrogen) atoms. The first-order valence-electron chi connectivity index (χ1n) is 6.27. The summed E-state index contributed by atoms with van der Waals surface area (Å²) in [5.41, 5.74) is 2.53. The first kappa shape index (κ1) is 15.4. The van der Waals surface area contributed by atoms with Crippen LogP contribution in [0.3, 0.4) is 0 Å². The molecule has 1 aromatic carbocycles. The number of ether oxygens (including phenoxy) is 1. The number of carbonyl (C=O) groups is 2. The van der Waals surface area contributed by atoms with E-state index in [1.54, 1.807) is 6.92 Å². The monoisotopic (exact) mass is 276 g/mol. The second kappa shape index (κ2) is 6.47. The van der Waals surface area contributed by atoms with Gasteiger partial charge in [-0.3, -0.25) is 9.59 Å². The van der Waals surface area contributed by atoms with Crippen LogP contribution in [0.2, 0.25) is 13.1 Å². The summed E-state index contributed by atoms with van der Waals surface area (Å²) < 4.78 is 5.07. The molecule has 0 aliphatic carbocycles. The third kappa shape index (κ3) is 4.48. The summed E-state index contributed by atoms with van der Waals surface area (Å²) in [4.78, 5) is 22.2. The van der Waals surface area contributed by atoms with Crippen molar-refractivity contribution in [3.05, 3.63) is 41.6 Å². The fraction of sp³-hybridized carbons (Fsp3) is 0.333. The molecule has 0 aliphatic rings. The van der Waals surface area contributed by atoms with E-state index in [1.807, 2.05) is 23.9 Å². The highest BCUT2D eigenvalue weighted by atomic mass is 28.3. The van der Waals surface area contributed by atoms with Crippen molar-refractivity contribution in [1.29, 1.82) is 0 Å². The van der Waals surface area contributed by atoms with Crippen LogP contribution in [0.15, 0.2) is 41.6 Å². The van der Waals surface area contributed by atoms with Gasteiger partial charge >= 0.3 is 5.97 Å². The molecule has 0 saturated carbocycles. The molecule has 0 aromatic heterocycles.